The van der Waals surface area contributed by atoms with Gasteiger partial charge in [-0.1, -0.05) is 0 Å². The van der Waals surface area contributed by atoms with Crippen molar-refractivity contribution in [3.63, 3.8) is 0 Å². The van der Waals surface area contributed by atoms with Crippen LogP contribution in [0.25, 0.3) is 0 Å². The number of pyridine rings is 1. The number of nitrogens with zero attached hydrogens (tertiary/aromatic N) is 5. The first-order valence-electron chi connectivity index (χ1n) is 10.4. The molecular formula is C21H21AsF3N6O2. The van der Waals surface area contributed by atoms with Gasteiger partial charge in [0.1, 0.15) is 0 Å². The molecular weight excluding hydrogens is 500 g/mol. The van der Waals surface area contributed by atoms with Crippen LogP contribution in [0.15, 0.2) is 24.5 Å². The van der Waals surface area contributed by atoms with Crippen molar-refractivity contribution in [3.8, 4) is 6.07 Å². The number of halogens is 3. The van der Waals surface area contributed by atoms with Gasteiger partial charge in [-0.3, -0.25) is 0 Å². The van der Waals surface area contributed by atoms with Gasteiger partial charge in [-0.25, -0.2) is 0 Å². The van der Waals surface area contributed by atoms with Gasteiger partial charge in [0.25, 0.3) is 0 Å². The van der Waals surface area contributed by atoms with Gasteiger partial charge >= 0.3 is 194 Å². The van der Waals surface area contributed by atoms with Crippen molar-refractivity contribution in [1.29, 1.82) is 5.26 Å². The van der Waals surface area contributed by atoms with Crippen LogP contribution in [0.3, 0.4) is 0 Å². The Morgan fingerprint density at radius 2 is 2.00 bits per heavy atom. The van der Waals surface area contributed by atoms with E-state index in [1.54, 1.807) is 15.6 Å². The number of nitriles is 1. The second kappa shape index (κ2) is 8.82. The van der Waals surface area contributed by atoms with Crippen molar-refractivity contribution in [2.75, 3.05) is 13.1 Å². The maximum atomic E-state index is 13.5. The average Bonchev–Trinajstić information content (AvgIpc) is 3.17. The third-order valence-electron chi connectivity index (χ3n) is 6.24. The molecule has 1 aliphatic heterocycles. The molecule has 8 nitrogen and oxygen atoms in total. The Hall–Kier alpha value is -2.86. The molecule has 2 aliphatic rings. The van der Waals surface area contributed by atoms with Crippen molar-refractivity contribution < 1.29 is 22.8 Å². The number of primary amides is 1. The predicted molar refractivity (Wildman–Crippen MR) is 112 cm³/mol. The van der Waals surface area contributed by atoms with Crippen LogP contribution in [-0.4, -0.2) is 66.2 Å². The van der Waals surface area contributed by atoms with Gasteiger partial charge < -0.3 is 0 Å². The average molecular weight is 521 g/mol. The van der Waals surface area contributed by atoms with E-state index in [2.05, 4.69) is 16.2 Å². The molecule has 173 valence electrons. The number of hydrogen-bond acceptors (Lipinski definition) is 5. The second-order valence-corrected chi connectivity index (χ2v) is 10.9. The Labute approximate surface area is 194 Å². The first-order valence-corrected chi connectivity index (χ1v) is 12.3. The summed E-state index contributed by atoms with van der Waals surface area (Å²) in [4.78, 5) is 29.7. The summed E-state index contributed by atoms with van der Waals surface area (Å²) < 4.78 is 42.5. The van der Waals surface area contributed by atoms with E-state index < -0.39 is 57.8 Å². The molecule has 2 aromatic rings. The maximum absolute atomic E-state index is 13.5. The number of carbonyl (C=O) groups is 2. The van der Waals surface area contributed by atoms with Gasteiger partial charge in [-0.05, 0) is 0 Å². The number of hydrogen-bond donors (Lipinski definition) is 1. The van der Waals surface area contributed by atoms with Gasteiger partial charge in [0, 0.05) is 0 Å². The molecule has 4 rings (SSSR count). The monoisotopic (exact) mass is 521 g/mol. The van der Waals surface area contributed by atoms with Gasteiger partial charge in [0.05, 0.1) is 0 Å². The summed E-state index contributed by atoms with van der Waals surface area (Å²) in [6.45, 7) is 0.597. The third-order valence-corrected chi connectivity index (χ3v) is 8.51. The number of rotatable bonds is 6. The van der Waals surface area contributed by atoms with Crippen LogP contribution < -0.4 is 14.6 Å². The van der Waals surface area contributed by atoms with Crippen LogP contribution in [0.4, 0.5) is 13.2 Å². The predicted octanol–water partition coefficient (Wildman–Crippen LogP) is 0.448. The molecule has 12 heteroatoms. The fraction of sp³-hybridized carbons (Fsp3) is 0.476. The van der Waals surface area contributed by atoms with E-state index in [0.29, 0.717) is 34.8 Å². The topological polar surface area (TPSA) is 118 Å². The van der Waals surface area contributed by atoms with Crippen molar-refractivity contribution >= 4 is 36.4 Å². The fourth-order valence-electron chi connectivity index (χ4n) is 4.32. The van der Waals surface area contributed by atoms with E-state index in [9.17, 15) is 28.0 Å². The number of likely N-dealkylation sites (tertiary alicyclic amines) is 1. The summed E-state index contributed by atoms with van der Waals surface area (Å²) >= 11 is -0.866. The molecule has 1 aliphatic carbocycles. The molecule has 0 atom stereocenters. The van der Waals surface area contributed by atoms with E-state index >= 15 is 0 Å². The molecule has 0 unspecified atom stereocenters. The summed E-state index contributed by atoms with van der Waals surface area (Å²) in [7, 11) is 0. The normalized spacial score (nSPS) is 19.9. The van der Waals surface area contributed by atoms with Crippen LogP contribution >= 0.6 is 0 Å². The number of piperidine rings is 1. The Morgan fingerprint density at radius 1 is 1.30 bits per heavy atom. The molecule has 3 heterocycles. The second-order valence-electron chi connectivity index (χ2n) is 8.47. The molecule has 1 saturated heterocycles. The van der Waals surface area contributed by atoms with E-state index in [1.807, 2.05) is 0 Å². The molecule has 0 aromatic carbocycles. The van der Waals surface area contributed by atoms with Crippen molar-refractivity contribution in [2.24, 2.45) is 11.7 Å². The van der Waals surface area contributed by atoms with Gasteiger partial charge in [-0.15, -0.1) is 0 Å². The Kier molecular flexibility index (Phi) is 6.23. The minimum absolute atomic E-state index is 0.0935. The van der Waals surface area contributed by atoms with Gasteiger partial charge in [0.2, 0.25) is 0 Å². The van der Waals surface area contributed by atoms with E-state index in [0.717, 1.165) is 0 Å². The number of amides is 2. The number of alkyl halides is 2. The van der Waals surface area contributed by atoms with Gasteiger partial charge in [0.15, 0.2) is 0 Å². The molecule has 2 aromatic heterocycles. The van der Waals surface area contributed by atoms with Crippen LogP contribution in [0.1, 0.15) is 42.5 Å². The summed E-state index contributed by atoms with van der Waals surface area (Å²) in [5.41, 5.74) is 5.00. The third kappa shape index (κ3) is 4.76. The Balaban J connectivity index is 1.55. The van der Waals surface area contributed by atoms with Crippen molar-refractivity contribution in [2.45, 2.75) is 43.6 Å². The van der Waals surface area contributed by atoms with Crippen molar-refractivity contribution in [1.82, 2.24) is 19.7 Å². The molecule has 33 heavy (non-hydrogen) atoms. The zero-order valence-electron chi connectivity index (χ0n) is 17.5. The summed E-state index contributed by atoms with van der Waals surface area (Å²) in [5, 5.41) is 14.1. The van der Waals surface area contributed by atoms with E-state index in [1.165, 1.54) is 18.5 Å². The number of aromatic nitrogens is 3. The quantitative estimate of drug-likeness (QED) is 0.438. The summed E-state index contributed by atoms with van der Waals surface area (Å²) in [6, 6.07) is 5.09. The molecule has 2 amide bonds. The zero-order chi connectivity index (χ0) is 23.8. The molecule has 2 fully saturated rings. The fourth-order valence-corrected chi connectivity index (χ4v) is 6.39. The Morgan fingerprint density at radius 3 is 2.58 bits per heavy atom. The van der Waals surface area contributed by atoms with Crippen LogP contribution in [0.2, 0.25) is 0 Å². The molecule has 0 bridgehead atoms. The zero-order valence-corrected chi connectivity index (χ0v) is 19.4. The SMILES string of the molecule is N#CCC1(n2cc(C(N)=O)c([As]c3ccnc(F)c3)n2)CCN(C(=O)C2CC(F)(F)C2)CC1. The van der Waals surface area contributed by atoms with E-state index in [-0.39, 0.29) is 17.9 Å². The minimum atomic E-state index is -2.77. The Bertz CT molecular complexity index is 1120. The molecule has 0 spiro atoms. The van der Waals surface area contributed by atoms with E-state index in [4.69, 9.17) is 5.73 Å². The van der Waals surface area contributed by atoms with Crippen molar-refractivity contribution in [3.05, 3.63) is 36.0 Å². The number of carbonyl (C=O) groups excluding carboxylic acids is 2. The first-order chi connectivity index (χ1) is 15.6. The molecule has 2 N–H and O–H groups in total. The van der Waals surface area contributed by atoms with Crippen LogP contribution in [-0.2, 0) is 10.3 Å². The summed E-state index contributed by atoms with van der Waals surface area (Å²) in [6.07, 6.45) is 2.87. The number of nitrogens with two attached hydrogens (primary N) is 1. The van der Waals surface area contributed by atoms with Crippen LogP contribution in [0.5, 0.6) is 0 Å². The molecule has 1 saturated carbocycles. The van der Waals surface area contributed by atoms with Gasteiger partial charge in [-0.2, -0.15) is 0 Å². The molecule has 1 radical (unpaired) electrons. The standard InChI is InChI=1S/C21H21AsF3N6O2/c23-16-9-14(1-6-28-16)22-17-15(18(27)32)12-31(29-17)20(2-5-26)3-7-30(8-4-20)19(33)13-10-21(24,25)11-13/h1,6,9,12-13H,2-4,7-8,10-11H2,(H2,27,32). The summed E-state index contributed by atoms with van der Waals surface area (Å²) in [5.74, 6) is -5.02. The van der Waals surface area contributed by atoms with Crippen LogP contribution in [0, 0.1) is 23.2 Å². The first kappa shape index (κ1) is 23.3.